The van der Waals surface area contributed by atoms with Gasteiger partial charge in [-0.2, -0.15) is 0 Å². The highest BCUT2D eigenvalue weighted by molar-refractivity contribution is 7.89. The Bertz CT molecular complexity index is 1660. The van der Waals surface area contributed by atoms with Gasteiger partial charge in [-0.3, -0.25) is 9.59 Å². The van der Waals surface area contributed by atoms with E-state index in [2.05, 4.69) is 5.32 Å². The molecular formula is C34H35N3O6S. The normalized spacial score (nSPS) is 13.3. The van der Waals surface area contributed by atoms with E-state index < -0.39 is 45.9 Å². The Morgan fingerprint density at radius 3 is 1.66 bits per heavy atom. The number of nitrogens with two attached hydrogens (primary N) is 1. The van der Waals surface area contributed by atoms with Gasteiger partial charge in [-0.25, -0.2) is 17.5 Å². The number of sulfonamides is 1. The maximum Gasteiger partial charge on any atom is 0.328 e. The minimum absolute atomic E-state index is 0.0962. The van der Waals surface area contributed by atoms with Crippen LogP contribution in [-0.4, -0.2) is 53.7 Å². The van der Waals surface area contributed by atoms with Crippen LogP contribution in [0, 0.1) is 6.92 Å². The Balaban J connectivity index is 1.76. The second kappa shape index (κ2) is 14.6. The van der Waals surface area contributed by atoms with Gasteiger partial charge in [-0.1, -0.05) is 109 Å². The molecule has 0 aliphatic carbocycles. The SMILES string of the molecule is Cc1ccc(S(=O)(=O)N(C(=O)[C@H](Cc2ccccc2)NC(=O)[C@@H](N)Cc2ccccc2)[C@@H](Cc2ccccc2)C(=O)O)cc1. The lowest BCUT2D eigenvalue weighted by atomic mass is 10.0. The number of aryl methyl sites for hydroxylation is 1. The number of carboxylic acids is 1. The van der Waals surface area contributed by atoms with E-state index in [4.69, 9.17) is 5.73 Å². The fourth-order valence-corrected chi connectivity index (χ4v) is 6.39. The molecule has 0 aliphatic rings. The summed E-state index contributed by atoms with van der Waals surface area (Å²) in [6.07, 6.45) is -0.205. The van der Waals surface area contributed by atoms with Crippen molar-refractivity contribution < 1.29 is 27.9 Å². The van der Waals surface area contributed by atoms with Gasteiger partial charge < -0.3 is 16.2 Å². The first-order valence-electron chi connectivity index (χ1n) is 14.1. The lowest BCUT2D eigenvalue weighted by Crippen LogP contribution is -2.58. The van der Waals surface area contributed by atoms with Gasteiger partial charge >= 0.3 is 5.97 Å². The van der Waals surface area contributed by atoms with E-state index in [-0.39, 0.29) is 24.2 Å². The number of nitrogens with zero attached hydrogens (tertiary/aromatic N) is 1. The smallest absolute Gasteiger partial charge is 0.328 e. The van der Waals surface area contributed by atoms with Gasteiger partial charge in [0.15, 0.2) is 0 Å². The van der Waals surface area contributed by atoms with E-state index >= 15 is 0 Å². The Hall–Kier alpha value is -4.80. The third kappa shape index (κ3) is 8.18. The Kier molecular flexibility index (Phi) is 10.6. The molecule has 228 valence electrons. The van der Waals surface area contributed by atoms with Crippen LogP contribution in [-0.2, 0) is 43.7 Å². The highest BCUT2D eigenvalue weighted by Crippen LogP contribution is 2.24. The lowest BCUT2D eigenvalue weighted by Gasteiger charge is -2.32. The number of rotatable bonds is 13. The minimum atomic E-state index is -4.70. The standard InChI is InChI=1S/C34H35N3O6S/c1-24-17-19-28(20-18-24)44(42,43)37(31(34(40)41)23-27-15-9-4-10-16-27)33(39)30(22-26-13-7-3-8-14-26)36-32(38)29(35)21-25-11-5-2-6-12-25/h2-20,29-31H,21-23,35H2,1H3,(H,36,38)(H,40,41)/t29-,30-,31-/m0/s1. The number of benzene rings is 4. The molecule has 3 atom stereocenters. The van der Waals surface area contributed by atoms with Crippen molar-refractivity contribution in [2.75, 3.05) is 0 Å². The molecule has 10 heteroatoms. The Labute approximate surface area is 257 Å². The molecule has 4 aromatic carbocycles. The van der Waals surface area contributed by atoms with Crippen molar-refractivity contribution in [3.05, 3.63) is 138 Å². The largest absolute Gasteiger partial charge is 0.480 e. The molecular weight excluding hydrogens is 578 g/mol. The monoisotopic (exact) mass is 613 g/mol. The zero-order chi connectivity index (χ0) is 31.7. The molecule has 0 spiro atoms. The molecule has 4 rings (SSSR count). The molecule has 0 saturated heterocycles. The summed E-state index contributed by atoms with van der Waals surface area (Å²) in [5, 5.41) is 13.0. The number of carboxylic acid groups (broad SMARTS) is 1. The van der Waals surface area contributed by atoms with Gasteiger partial charge in [0.25, 0.3) is 15.9 Å². The summed E-state index contributed by atoms with van der Waals surface area (Å²) in [7, 11) is -4.70. The highest BCUT2D eigenvalue weighted by Gasteiger charge is 2.43. The second-order valence-corrected chi connectivity index (χ2v) is 12.4. The summed E-state index contributed by atoms with van der Waals surface area (Å²) >= 11 is 0. The first-order valence-corrected chi connectivity index (χ1v) is 15.6. The summed E-state index contributed by atoms with van der Waals surface area (Å²) in [5.41, 5.74) is 8.95. The highest BCUT2D eigenvalue weighted by atomic mass is 32.2. The molecule has 0 aliphatic heterocycles. The van der Waals surface area contributed by atoms with Crippen molar-refractivity contribution >= 4 is 27.8 Å². The number of amides is 2. The van der Waals surface area contributed by atoms with Crippen LogP contribution < -0.4 is 11.1 Å². The Morgan fingerprint density at radius 2 is 1.18 bits per heavy atom. The molecule has 4 N–H and O–H groups in total. The quantitative estimate of drug-likeness (QED) is 0.209. The van der Waals surface area contributed by atoms with Crippen LogP contribution in [0.15, 0.2) is 120 Å². The molecule has 0 aromatic heterocycles. The van der Waals surface area contributed by atoms with Crippen LogP contribution >= 0.6 is 0 Å². The van der Waals surface area contributed by atoms with E-state index in [0.29, 0.717) is 15.4 Å². The number of carbonyl (C=O) groups excluding carboxylic acids is 2. The van der Waals surface area contributed by atoms with E-state index in [1.807, 2.05) is 30.3 Å². The number of hydrogen-bond acceptors (Lipinski definition) is 6. The van der Waals surface area contributed by atoms with Gasteiger partial charge in [0.05, 0.1) is 10.9 Å². The lowest BCUT2D eigenvalue weighted by molar-refractivity contribution is -0.147. The third-order valence-corrected chi connectivity index (χ3v) is 8.99. The number of hydrogen-bond donors (Lipinski definition) is 3. The molecule has 0 heterocycles. The molecule has 0 fully saturated rings. The third-order valence-electron chi connectivity index (χ3n) is 7.17. The summed E-state index contributed by atoms with van der Waals surface area (Å²) in [6, 6.07) is 27.8. The first kappa shape index (κ1) is 32.1. The summed E-state index contributed by atoms with van der Waals surface area (Å²) in [4.78, 5) is 40.3. The molecule has 0 bridgehead atoms. The van der Waals surface area contributed by atoms with Gasteiger partial charge in [0.2, 0.25) is 5.91 Å². The van der Waals surface area contributed by atoms with Crippen molar-refractivity contribution in [1.82, 2.24) is 9.62 Å². The zero-order valence-electron chi connectivity index (χ0n) is 24.2. The van der Waals surface area contributed by atoms with Crippen molar-refractivity contribution in [2.45, 2.75) is 49.2 Å². The van der Waals surface area contributed by atoms with E-state index in [1.165, 1.54) is 12.1 Å². The number of nitrogens with one attached hydrogen (secondary N) is 1. The number of aliphatic carboxylic acids is 1. The van der Waals surface area contributed by atoms with Crippen LogP contribution in [0.4, 0.5) is 0 Å². The van der Waals surface area contributed by atoms with Crippen molar-refractivity contribution in [3.63, 3.8) is 0 Å². The predicted octanol–water partition coefficient (Wildman–Crippen LogP) is 3.51. The van der Waals surface area contributed by atoms with Crippen LogP contribution in [0.3, 0.4) is 0 Å². The van der Waals surface area contributed by atoms with E-state index in [0.717, 1.165) is 11.1 Å². The fourth-order valence-electron chi connectivity index (χ4n) is 4.81. The average Bonchev–Trinajstić information content (AvgIpc) is 3.02. The maximum absolute atomic E-state index is 14.4. The number of carbonyl (C=O) groups is 3. The van der Waals surface area contributed by atoms with E-state index in [9.17, 15) is 27.9 Å². The molecule has 4 aromatic rings. The van der Waals surface area contributed by atoms with Crippen LogP contribution in [0.2, 0.25) is 0 Å². The molecule has 9 nitrogen and oxygen atoms in total. The topological polar surface area (TPSA) is 147 Å². The van der Waals surface area contributed by atoms with Crippen molar-refractivity contribution in [3.8, 4) is 0 Å². The van der Waals surface area contributed by atoms with Gasteiger partial charge in [0, 0.05) is 12.8 Å². The van der Waals surface area contributed by atoms with Crippen LogP contribution in [0.5, 0.6) is 0 Å². The van der Waals surface area contributed by atoms with Gasteiger partial charge in [0.1, 0.15) is 12.1 Å². The Morgan fingerprint density at radius 1 is 0.727 bits per heavy atom. The molecule has 0 saturated carbocycles. The van der Waals surface area contributed by atoms with E-state index in [1.54, 1.807) is 79.7 Å². The first-order chi connectivity index (χ1) is 21.1. The fraction of sp³-hybridized carbons (Fsp3) is 0.206. The van der Waals surface area contributed by atoms with Crippen LogP contribution in [0.1, 0.15) is 22.3 Å². The van der Waals surface area contributed by atoms with Gasteiger partial charge in [-0.15, -0.1) is 0 Å². The predicted molar refractivity (Wildman–Crippen MR) is 167 cm³/mol. The zero-order valence-corrected chi connectivity index (χ0v) is 25.1. The maximum atomic E-state index is 14.4. The molecule has 0 unspecified atom stereocenters. The van der Waals surface area contributed by atoms with Crippen LogP contribution in [0.25, 0.3) is 0 Å². The van der Waals surface area contributed by atoms with Crippen molar-refractivity contribution in [1.29, 1.82) is 0 Å². The summed E-state index contributed by atoms with van der Waals surface area (Å²) in [5.74, 6) is -3.27. The molecule has 44 heavy (non-hydrogen) atoms. The van der Waals surface area contributed by atoms with Gasteiger partial charge in [-0.05, 0) is 42.2 Å². The molecule has 2 amide bonds. The minimum Gasteiger partial charge on any atom is -0.480 e. The average molecular weight is 614 g/mol. The summed E-state index contributed by atoms with van der Waals surface area (Å²) < 4.78 is 28.7. The summed E-state index contributed by atoms with van der Waals surface area (Å²) in [6.45, 7) is 1.78. The second-order valence-electron chi connectivity index (χ2n) is 10.5. The molecule has 0 radical (unpaired) electrons. The van der Waals surface area contributed by atoms with Crippen molar-refractivity contribution in [2.24, 2.45) is 5.73 Å².